The molecule has 5 nitrogen and oxygen atoms in total. The second kappa shape index (κ2) is 6.11. The van der Waals surface area contributed by atoms with Crippen molar-refractivity contribution in [1.82, 2.24) is 10.3 Å². The van der Waals surface area contributed by atoms with Crippen molar-refractivity contribution in [3.8, 4) is 0 Å². The van der Waals surface area contributed by atoms with Gasteiger partial charge in [0, 0.05) is 0 Å². The maximum absolute atomic E-state index is 12.0. The van der Waals surface area contributed by atoms with Gasteiger partial charge in [0.15, 0.2) is 0 Å². The molecule has 1 heterocycles. The van der Waals surface area contributed by atoms with Gasteiger partial charge >= 0.3 is 0 Å². The van der Waals surface area contributed by atoms with Crippen molar-refractivity contribution in [3.63, 3.8) is 0 Å². The molecule has 1 aromatic heterocycles. The second-order valence-corrected chi connectivity index (χ2v) is 6.97. The summed E-state index contributed by atoms with van der Waals surface area (Å²) >= 11 is 12.8. The van der Waals surface area contributed by atoms with Gasteiger partial charge in [0.1, 0.15) is 4.90 Å². The molecule has 2 aromatic rings. The fourth-order valence-corrected chi connectivity index (χ4v) is 3.55. The van der Waals surface area contributed by atoms with E-state index in [9.17, 15) is 13.2 Å². The highest BCUT2D eigenvalue weighted by Crippen LogP contribution is 2.28. The fourth-order valence-electron chi connectivity index (χ4n) is 1.33. The molecule has 0 bridgehead atoms. The lowest BCUT2D eigenvalue weighted by molar-refractivity contribution is 0.0949. The number of hydrogen-bond acceptors (Lipinski definition) is 4. The van der Waals surface area contributed by atoms with E-state index in [4.69, 9.17) is 23.2 Å². The van der Waals surface area contributed by atoms with Crippen molar-refractivity contribution in [2.45, 2.75) is 4.90 Å². The number of hydrazine groups is 1. The van der Waals surface area contributed by atoms with Gasteiger partial charge in [0.25, 0.3) is 15.9 Å². The molecule has 0 aliphatic heterocycles. The van der Waals surface area contributed by atoms with Crippen LogP contribution < -0.4 is 10.3 Å². The number of sulfonamides is 1. The number of benzene rings is 1. The number of carbonyl (C=O) groups is 1. The summed E-state index contributed by atoms with van der Waals surface area (Å²) in [6.07, 6.45) is 0. The van der Waals surface area contributed by atoms with Gasteiger partial charge in [-0.15, -0.1) is 16.2 Å². The average Bonchev–Trinajstić information content (AvgIpc) is 2.93. The van der Waals surface area contributed by atoms with Gasteiger partial charge in [-0.05, 0) is 23.6 Å². The van der Waals surface area contributed by atoms with E-state index >= 15 is 0 Å². The van der Waals surface area contributed by atoms with E-state index in [2.05, 4.69) is 5.43 Å². The molecule has 0 radical (unpaired) electrons. The van der Waals surface area contributed by atoms with Crippen LogP contribution in [0.25, 0.3) is 0 Å². The summed E-state index contributed by atoms with van der Waals surface area (Å²) in [7, 11) is -3.99. The number of thiophene rings is 1. The van der Waals surface area contributed by atoms with Gasteiger partial charge in [-0.25, -0.2) is 8.42 Å². The Hall–Kier alpha value is -1.12. The highest BCUT2D eigenvalue weighted by atomic mass is 35.5. The first-order chi connectivity index (χ1) is 9.42. The SMILES string of the molecule is O=C(NNS(=O)(=O)c1cccc(Cl)c1Cl)c1cccs1. The molecule has 0 aliphatic carbocycles. The zero-order valence-corrected chi connectivity index (χ0v) is 12.9. The van der Waals surface area contributed by atoms with Gasteiger partial charge in [-0.1, -0.05) is 35.3 Å². The number of hydrogen-bond donors (Lipinski definition) is 2. The minimum Gasteiger partial charge on any atom is -0.273 e. The predicted octanol–water partition coefficient (Wildman–Crippen LogP) is 2.68. The molecule has 9 heteroatoms. The highest BCUT2D eigenvalue weighted by molar-refractivity contribution is 7.89. The third-order valence-electron chi connectivity index (χ3n) is 2.25. The van der Waals surface area contributed by atoms with Crippen LogP contribution in [0.3, 0.4) is 0 Å². The summed E-state index contributed by atoms with van der Waals surface area (Å²) in [5, 5.41) is 1.71. The Balaban J connectivity index is 2.16. The molecular weight excluding hydrogens is 343 g/mol. The van der Waals surface area contributed by atoms with Crippen molar-refractivity contribution in [1.29, 1.82) is 0 Å². The number of amides is 1. The minimum atomic E-state index is -3.99. The summed E-state index contributed by atoms with van der Waals surface area (Å²) < 4.78 is 24.0. The van der Waals surface area contributed by atoms with Crippen molar-refractivity contribution >= 4 is 50.5 Å². The lowest BCUT2D eigenvalue weighted by atomic mass is 10.4. The largest absolute Gasteiger partial charge is 0.276 e. The molecule has 0 fully saturated rings. The van der Waals surface area contributed by atoms with E-state index in [0.717, 1.165) is 0 Å². The van der Waals surface area contributed by atoms with E-state index in [1.165, 1.54) is 29.5 Å². The zero-order chi connectivity index (χ0) is 14.8. The monoisotopic (exact) mass is 350 g/mol. The number of nitrogens with one attached hydrogen (secondary N) is 2. The molecule has 0 aliphatic rings. The summed E-state index contributed by atoms with van der Waals surface area (Å²) in [4.78, 5) is 13.8. The predicted molar refractivity (Wildman–Crippen MR) is 78.6 cm³/mol. The Bertz CT molecular complexity index is 730. The van der Waals surface area contributed by atoms with Crippen LogP contribution in [0, 0.1) is 0 Å². The van der Waals surface area contributed by atoms with Crippen LogP contribution in [0.4, 0.5) is 0 Å². The molecule has 2 rings (SSSR count). The lowest BCUT2D eigenvalue weighted by Gasteiger charge is -2.09. The third-order valence-corrected chi connectivity index (χ3v) is 5.34. The third kappa shape index (κ3) is 3.31. The van der Waals surface area contributed by atoms with Crippen molar-refractivity contribution in [3.05, 3.63) is 50.6 Å². The minimum absolute atomic E-state index is 0.105. The van der Waals surface area contributed by atoms with Gasteiger partial charge < -0.3 is 0 Å². The van der Waals surface area contributed by atoms with Gasteiger partial charge in [-0.2, -0.15) is 0 Å². The molecule has 106 valence electrons. The smallest absolute Gasteiger partial charge is 0.273 e. The quantitative estimate of drug-likeness (QED) is 0.832. The van der Waals surface area contributed by atoms with E-state index in [0.29, 0.717) is 4.88 Å². The van der Waals surface area contributed by atoms with Crippen LogP contribution in [0.15, 0.2) is 40.6 Å². The summed E-state index contributed by atoms with van der Waals surface area (Å²) in [5.74, 6) is -0.554. The van der Waals surface area contributed by atoms with E-state index < -0.39 is 15.9 Å². The zero-order valence-electron chi connectivity index (χ0n) is 9.76. The molecule has 0 atom stereocenters. The maximum Gasteiger partial charge on any atom is 0.276 e. The second-order valence-electron chi connectivity index (χ2n) is 3.59. The molecule has 20 heavy (non-hydrogen) atoms. The van der Waals surface area contributed by atoms with Gasteiger partial charge in [-0.3, -0.25) is 10.2 Å². The molecule has 0 unspecified atom stereocenters. The van der Waals surface area contributed by atoms with E-state index in [1.54, 1.807) is 17.5 Å². The Kier molecular flexibility index (Phi) is 4.66. The highest BCUT2D eigenvalue weighted by Gasteiger charge is 2.20. The molecule has 0 saturated heterocycles. The Morgan fingerprint density at radius 1 is 1.15 bits per heavy atom. The molecule has 1 aromatic carbocycles. The van der Waals surface area contributed by atoms with E-state index in [-0.39, 0.29) is 14.9 Å². The average molecular weight is 351 g/mol. The summed E-state index contributed by atoms with van der Waals surface area (Å²) in [6.45, 7) is 0. The van der Waals surface area contributed by atoms with Gasteiger partial charge in [0.05, 0.1) is 14.9 Å². The van der Waals surface area contributed by atoms with Crippen LogP contribution in [0.5, 0.6) is 0 Å². The Labute approximate surface area is 129 Å². The Morgan fingerprint density at radius 3 is 2.55 bits per heavy atom. The topological polar surface area (TPSA) is 75.3 Å². The number of rotatable bonds is 4. The van der Waals surface area contributed by atoms with E-state index in [1.807, 2.05) is 4.83 Å². The fraction of sp³-hybridized carbons (Fsp3) is 0. The van der Waals surface area contributed by atoms with Crippen LogP contribution in [-0.2, 0) is 10.0 Å². The molecule has 0 spiro atoms. The first kappa shape index (κ1) is 15.3. The van der Waals surface area contributed by atoms with Crippen molar-refractivity contribution in [2.75, 3.05) is 0 Å². The normalized spacial score (nSPS) is 11.3. The molecule has 1 amide bonds. The molecular formula is C11H8Cl2N2O3S2. The van der Waals surface area contributed by atoms with Gasteiger partial charge in [0.2, 0.25) is 0 Å². The first-order valence-corrected chi connectivity index (χ1v) is 8.33. The van der Waals surface area contributed by atoms with Crippen LogP contribution in [0.1, 0.15) is 9.67 Å². The maximum atomic E-state index is 12.0. The summed E-state index contributed by atoms with van der Waals surface area (Å²) in [5.41, 5.74) is 2.10. The molecule has 2 N–H and O–H groups in total. The summed E-state index contributed by atoms with van der Waals surface area (Å²) in [6, 6.07) is 7.45. The number of carbonyl (C=O) groups excluding carboxylic acids is 1. The van der Waals surface area contributed by atoms with Crippen LogP contribution in [0.2, 0.25) is 10.0 Å². The Morgan fingerprint density at radius 2 is 1.90 bits per heavy atom. The van der Waals surface area contributed by atoms with Crippen molar-refractivity contribution in [2.24, 2.45) is 0 Å². The van der Waals surface area contributed by atoms with Crippen LogP contribution >= 0.6 is 34.5 Å². The first-order valence-electron chi connectivity index (χ1n) is 5.21. The lowest BCUT2D eigenvalue weighted by Crippen LogP contribution is -2.41. The molecule has 0 saturated carbocycles. The van der Waals surface area contributed by atoms with Crippen molar-refractivity contribution < 1.29 is 13.2 Å². The number of halogens is 2. The van der Waals surface area contributed by atoms with Crippen LogP contribution in [-0.4, -0.2) is 14.3 Å². The standard InChI is InChI=1S/C11H8Cl2N2O3S2/c12-7-3-1-5-9(10(7)13)20(17,18)15-14-11(16)8-4-2-6-19-8/h1-6,15H,(H,14,16).